The number of ether oxygens (including phenoxy) is 1. The number of fused-ring (bicyclic) bond motifs is 1. The standard InChI is InChI=1S/C15H18N2O2/c1-16-9-10-6-13(7-10)19-15-14-8-12(18)3-2-11(14)4-5-17-15/h2-5,8,10,13,16,18H,6-7,9H2,1H3. The number of hydrogen-bond acceptors (Lipinski definition) is 4. The zero-order valence-electron chi connectivity index (χ0n) is 11.0. The van der Waals surface area contributed by atoms with Gasteiger partial charge in [0.05, 0.1) is 0 Å². The van der Waals surface area contributed by atoms with Gasteiger partial charge in [-0.25, -0.2) is 4.98 Å². The maximum Gasteiger partial charge on any atom is 0.221 e. The Bertz CT molecular complexity index is 579. The van der Waals surface area contributed by atoms with Gasteiger partial charge in [0, 0.05) is 11.6 Å². The molecule has 0 spiro atoms. The summed E-state index contributed by atoms with van der Waals surface area (Å²) in [7, 11) is 1.98. The Hall–Kier alpha value is -1.81. The van der Waals surface area contributed by atoms with Gasteiger partial charge in [-0.1, -0.05) is 6.07 Å². The van der Waals surface area contributed by atoms with E-state index >= 15 is 0 Å². The highest BCUT2D eigenvalue weighted by atomic mass is 16.5. The predicted octanol–water partition coefficient (Wildman–Crippen LogP) is 2.32. The molecule has 0 atom stereocenters. The largest absolute Gasteiger partial charge is 0.508 e. The van der Waals surface area contributed by atoms with Crippen LogP contribution in [0.2, 0.25) is 0 Å². The van der Waals surface area contributed by atoms with Crippen LogP contribution in [0.5, 0.6) is 11.6 Å². The van der Waals surface area contributed by atoms with Crippen molar-refractivity contribution in [1.82, 2.24) is 10.3 Å². The van der Waals surface area contributed by atoms with Gasteiger partial charge in [-0.15, -0.1) is 0 Å². The summed E-state index contributed by atoms with van der Waals surface area (Å²) in [6.07, 6.45) is 4.13. The van der Waals surface area contributed by atoms with E-state index in [1.54, 1.807) is 18.3 Å². The van der Waals surface area contributed by atoms with Crippen LogP contribution in [0.3, 0.4) is 0 Å². The first kappa shape index (κ1) is 12.2. The van der Waals surface area contributed by atoms with Crippen molar-refractivity contribution in [3.05, 3.63) is 30.5 Å². The highest BCUT2D eigenvalue weighted by Gasteiger charge is 2.30. The molecule has 1 heterocycles. The fourth-order valence-electron chi connectivity index (χ4n) is 2.61. The molecular formula is C15H18N2O2. The van der Waals surface area contributed by atoms with Crippen molar-refractivity contribution in [3.63, 3.8) is 0 Å². The number of rotatable bonds is 4. The maximum absolute atomic E-state index is 9.58. The summed E-state index contributed by atoms with van der Waals surface area (Å²) >= 11 is 0. The fraction of sp³-hybridized carbons (Fsp3) is 0.400. The number of benzene rings is 1. The minimum absolute atomic E-state index is 0.243. The topological polar surface area (TPSA) is 54.4 Å². The third-order valence-electron chi connectivity index (χ3n) is 3.68. The van der Waals surface area contributed by atoms with Gasteiger partial charge in [0.1, 0.15) is 11.9 Å². The second-order valence-electron chi connectivity index (χ2n) is 5.16. The van der Waals surface area contributed by atoms with Crippen molar-refractivity contribution in [2.24, 2.45) is 5.92 Å². The third kappa shape index (κ3) is 2.49. The number of phenolic OH excluding ortho intramolecular Hbond substituents is 1. The van der Waals surface area contributed by atoms with Crippen LogP contribution < -0.4 is 10.1 Å². The first-order valence-electron chi connectivity index (χ1n) is 6.65. The molecule has 0 amide bonds. The lowest BCUT2D eigenvalue weighted by molar-refractivity contribution is 0.0632. The molecule has 0 aliphatic heterocycles. The zero-order valence-corrected chi connectivity index (χ0v) is 11.0. The molecule has 1 aliphatic carbocycles. The van der Waals surface area contributed by atoms with E-state index in [0.29, 0.717) is 11.8 Å². The SMILES string of the molecule is CNCC1CC(Oc2nccc3ccc(O)cc23)C1. The molecule has 100 valence electrons. The molecule has 2 N–H and O–H groups in total. The van der Waals surface area contributed by atoms with Crippen molar-refractivity contribution in [1.29, 1.82) is 0 Å². The molecule has 1 fully saturated rings. The van der Waals surface area contributed by atoms with Crippen molar-refractivity contribution in [2.75, 3.05) is 13.6 Å². The number of aromatic nitrogens is 1. The van der Waals surface area contributed by atoms with E-state index in [4.69, 9.17) is 4.74 Å². The lowest BCUT2D eigenvalue weighted by atomic mass is 9.82. The minimum Gasteiger partial charge on any atom is -0.508 e. The molecule has 0 unspecified atom stereocenters. The van der Waals surface area contributed by atoms with Crippen LogP contribution in [0, 0.1) is 5.92 Å². The highest BCUT2D eigenvalue weighted by molar-refractivity contribution is 5.87. The van der Waals surface area contributed by atoms with E-state index in [0.717, 1.165) is 30.2 Å². The number of phenols is 1. The Morgan fingerprint density at radius 1 is 1.37 bits per heavy atom. The average Bonchev–Trinajstić information content (AvgIpc) is 2.37. The van der Waals surface area contributed by atoms with Gasteiger partial charge >= 0.3 is 0 Å². The zero-order chi connectivity index (χ0) is 13.2. The summed E-state index contributed by atoms with van der Waals surface area (Å²) in [6, 6.07) is 7.19. The summed E-state index contributed by atoms with van der Waals surface area (Å²) in [5.41, 5.74) is 0. The molecule has 1 aromatic carbocycles. The van der Waals surface area contributed by atoms with E-state index in [9.17, 15) is 5.11 Å². The molecular weight excluding hydrogens is 240 g/mol. The Labute approximate surface area is 112 Å². The summed E-state index contributed by atoms with van der Waals surface area (Å²) in [5, 5.41) is 14.7. The molecule has 1 aliphatic rings. The molecule has 2 aromatic rings. The van der Waals surface area contributed by atoms with E-state index in [1.807, 2.05) is 19.2 Å². The van der Waals surface area contributed by atoms with Gasteiger partial charge in [0.15, 0.2) is 0 Å². The van der Waals surface area contributed by atoms with Crippen molar-refractivity contribution in [2.45, 2.75) is 18.9 Å². The lowest BCUT2D eigenvalue weighted by Crippen LogP contribution is -2.38. The second-order valence-corrected chi connectivity index (χ2v) is 5.16. The van der Waals surface area contributed by atoms with E-state index in [2.05, 4.69) is 10.3 Å². The Kier molecular flexibility index (Phi) is 3.25. The third-order valence-corrected chi connectivity index (χ3v) is 3.68. The molecule has 4 heteroatoms. The molecule has 1 saturated carbocycles. The number of aromatic hydroxyl groups is 1. The Morgan fingerprint density at radius 3 is 3.00 bits per heavy atom. The van der Waals surface area contributed by atoms with Crippen LogP contribution in [-0.2, 0) is 0 Å². The molecule has 0 radical (unpaired) electrons. The first-order chi connectivity index (χ1) is 9.26. The van der Waals surface area contributed by atoms with Crippen molar-refractivity contribution in [3.8, 4) is 11.6 Å². The summed E-state index contributed by atoms with van der Waals surface area (Å²) in [5.74, 6) is 1.58. The first-order valence-corrected chi connectivity index (χ1v) is 6.65. The lowest BCUT2D eigenvalue weighted by Gasteiger charge is -2.35. The normalized spacial score (nSPS) is 22.2. The molecule has 19 heavy (non-hydrogen) atoms. The van der Waals surface area contributed by atoms with Gasteiger partial charge < -0.3 is 15.2 Å². The van der Waals surface area contributed by atoms with E-state index in [1.165, 1.54) is 0 Å². The van der Waals surface area contributed by atoms with Gasteiger partial charge in [-0.2, -0.15) is 0 Å². The van der Waals surface area contributed by atoms with Crippen LogP contribution >= 0.6 is 0 Å². The number of nitrogens with zero attached hydrogens (tertiary/aromatic N) is 1. The van der Waals surface area contributed by atoms with Gasteiger partial charge in [0.25, 0.3) is 0 Å². The highest BCUT2D eigenvalue weighted by Crippen LogP contribution is 2.33. The molecule has 1 aromatic heterocycles. The number of hydrogen-bond donors (Lipinski definition) is 2. The molecule has 0 bridgehead atoms. The average molecular weight is 258 g/mol. The van der Waals surface area contributed by atoms with Crippen LogP contribution in [-0.4, -0.2) is 29.8 Å². The van der Waals surface area contributed by atoms with Crippen LogP contribution in [0.25, 0.3) is 10.8 Å². The fourth-order valence-corrected chi connectivity index (χ4v) is 2.61. The quantitative estimate of drug-likeness (QED) is 0.883. The van der Waals surface area contributed by atoms with Gasteiger partial charge in [0.2, 0.25) is 5.88 Å². The molecule has 0 saturated heterocycles. The molecule has 4 nitrogen and oxygen atoms in total. The van der Waals surface area contributed by atoms with Gasteiger partial charge in [-0.3, -0.25) is 0 Å². The molecule has 3 rings (SSSR count). The van der Waals surface area contributed by atoms with Crippen molar-refractivity contribution >= 4 is 10.8 Å². The van der Waals surface area contributed by atoms with Crippen LogP contribution in [0.4, 0.5) is 0 Å². The minimum atomic E-state index is 0.243. The van der Waals surface area contributed by atoms with Crippen LogP contribution in [0.15, 0.2) is 30.5 Å². The van der Waals surface area contributed by atoms with Gasteiger partial charge in [-0.05, 0) is 55.9 Å². The summed E-state index contributed by atoms with van der Waals surface area (Å²) in [4.78, 5) is 4.29. The van der Waals surface area contributed by atoms with E-state index in [-0.39, 0.29) is 11.9 Å². The monoisotopic (exact) mass is 258 g/mol. The van der Waals surface area contributed by atoms with Crippen LogP contribution in [0.1, 0.15) is 12.8 Å². The Balaban J connectivity index is 1.76. The van der Waals surface area contributed by atoms with E-state index < -0.39 is 0 Å². The number of nitrogens with one attached hydrogen (secondary N) is 1. The maximum atomic E-state index is 9.58. The number of pyridine rings is 1. The predicted molar refractivity (Wildman–Crippen MR) is 74.5 cm³/mol. The summed E-state index contributed by atoms with van der Waals surface area (Å²) < 4.78 is 5.95. The second kappa shape index (κ2) is 5.05. The Morgan fingerprint density at radius 2 is 2.21 bits per heavy atom. The van der Waals surface area contributed by atoms with Crippen molar-refractivity contribution < 1.29 is 9.84 Å². The smallest absolute Gasteiger partial charge is 0.221 e. The summed E-state index contributed by atoms with van der Waals surface area (Å²) in [6.45, 7) is 1.05.